The molecule has 0 radical (unpaired) electrons. The fraction of sp³-hybridized carbons (Fsp3) is 0.524. The minimum Gasteiger partial charge on any atom is -0.462 e. The molecular formula is C21H31N7O5S. The molecule has 0 aromatic carbocycles. The average molecular weight is 494 g/mol. The van der Waals surface area contributed by atoms with Crippen LogP contribution in [0.2, 0.25) is 0 Å². The number of H-pyrrole nitrogens is 1. The number of anilines is 3. The number of aromatic nitrogens is 4. The molecule has 0 spiro atoms. The third-order valence-electron chi connectivity index (χ3n) is 4.68. The number of nitrogens with one attached hydrogen (secondary N) is 1. The van der Waals surface area contributed by atoms with Gasteiger partial charge in [-0.15, -0.1) is 0 Å². The van der Waals surface area contributed by atoms with Crippen molar-refractivity contribution in [1.82, 2.24) is 19.5 Å². The second-order valence-electron chi connectivity index (χ2n) is 7.86. The van der Waals surface area contributed by atoms with Crippen LogP contribution in [-0.4, -0.2) is 50.3 Å². The van der Waals surface area contributed by atoms with Gasteiger partial charge in [0.25, 0.3) is 5.56 Å². The molecule has 2 rings (SSSR count). The Kier molecular flexibility index (Phi) is 9.66. The number of amides is 1. The van der Waals surface area contributed by atoms with E-state index in [0.717, 1.165) is 18.2 Å². The van der Waals surface area contributed by atoms with Crippen molar-refractivity contribution in [2.45, 2.75) is 52.2 Å². The van der Waals surface area contributed by atoms with Gasteiger partial charge in [0.05, 0.1) is 12.4 Å². The molecule has 0 aliphatic carbocycles. The second-order valence-corrected chi connectivity index (χ2v) is 8.80. The minimum absolute atomic E-state index is 0.0359. The van der Waals surface area contributed by atoms with E-state index in [0.29, 0.717) is 13.0 Å². The first kappa shape index (κ1) is 26.9. The van der Waals surface area contributed by atoms with E-state index in [-0.39, 0.29) is 52.9 Å². The molecule has 2 aromatic rings. The second kappa shape index (κ2) is 12.2. The van der Waals surface area contributed by atoms with Crippen LogP contribution in [0.4, 0.5) is 17.3 Å². The summed E-state index contributed by atoms with van der Waals surface area (Å²) in [7, 11) is 0. The van der Waals surface area contributed by atoms with Crippen LogP contribution in [0.3, 0.4) is 0 Å². The highest BCUT2D eigenvalue weighted by molar-refractivity contribution is 7.99. The van der Waals surface area contributed by atoms with Crippen molar-refractivity contribution in [2.24, 2.45) is 5.92 Å². The van der Waals surface area contributed by atoms with Gasteiger partial charge in [-0.2, -0.15) is 0 Å². The maximum atomic E-state index is 13.1. The van der Waals surface area contributed by atoms with Crippen LogP contribution in [0.15, 0.2) is 20.9 Å². The molecule has 13 heteroatoms. The molecule has 0 aliphatic heterocycles. The summed E-state index contributed by atoms with van der Waals surface area (Å²) in [5.41, 5.74) is 10.7. The maximum absolute atomic E-state index is 13.1. The number of carbonyl (C=O) groups excluding carboxylic acids is 2. The Balaban J connectivity index is 2.31. The summed E-state index contributed by atoms with van der Waals surface area (Å²) >= 11 is 0.996. The first-order valence-electron chi connectivity index (χ1n) is 11.0. The summed E-state index contributed by atoms with van der Waals surface area (Å²) in [4.78, 5) is 61.6. The number of thioether (sulfide) groups is 1. The zero-order valence-corrected chi connectivity index (χ0v) is 20.6. The Morgan fingerprint density at radius 2 is 1.97 bits per heavy atom. The van der Waals surface area contributed by atoms with Crippen LogP contribution >= 0.6 is 11.8 Å². The van der Waals surface area contributed by atoms with E-state index < -0.39 is 23.1 Å². The molecule has 0 fully saturated rings. The number of unbranched alkanes of at least 4 members (excludes halogenated alkanes) is 1. The SMILES string of the molecule is CCCCN(C(=O)CSc1ncc(C(=O)OCC)c(N)n1)c1c(N)n(CC(C)C)c(=O)[nH]c1=O. The third kappa shape index (κ3) is 6.59. The summed E-state index contributed by atoms with van der Waals surface area (Å²) < 4.78 is 6.16. The van der Waals surface area contributed by atoms with Crippen molar-refractivity contribution in [1.29, 1.82) is 0 Å². The molecule has 0 saturated heterocycles. The lowest BCUT2D eigenvalue weighted by molar-refractivity contribution is -0.116. The Labute approximate surface area is 201 Å². The average Bonchev–Trinajstić information content (AvgIpc) is 2.77. The first-order chi connectivity index (χ1) is 16.1. The van der Waals surface area contributed by atoms with Gasteiger partial charge in [0.1, 0.15) is 17.2 Å². The van der Waals surface area contributed by atoms with Crippen molar-refractivity contribution in [3.63, 3.8) is 0 Å². The number of nitrogen functional groups attached to an aromatic ring is 2. The molecule has 5 N–H and O–H groups in total. The molecule has 34 heavy (non-hydrogen) atoms. The van der Waals surface area contributed by atoms with Gasteiger partial charge in [0.15, 0.2) is 10.8 Å². The molecule has 0 atom stereocenters. The molecule has 0 bridgehead atoms. The van der Waals surface area contributed by atoms with E-state index in [1.54, 1.807) is 6.92 Å². The van der Waals surface area contributed by atoms with Crippen molar-refractivity contribution in [3.8, 4) is 0 Å². The van der Waals surface area contributed by atoms with Crippen molar-refractivity contribution >= 4 is 41.0 Å². The lowest BCUT2D eigenvalue weighted by Gasteiger charge is -2.24. The van der Waals surface area contributed by atoms with Gasteiger partial charge < -0.3 is 21.1 Å². The fourth-order valence-electron chi connectivity index (χ4n) is 3.08. The number of ether oxygens (including phenoxy) is 1. The lowest BCUT2D eigenvalue weighted by Crippen LogP contribution is -2.42. The quantitative estimate of drug-likeness (QED) is 0.234. The molecule has 2 heterocycles. The number of hydrogen-bond donors (Lipinski definition) is 3. The van der Waals surface area contributed by atoms with E-state index >= 15 is 0 Å². The summed E-state index contributed by atoms with van der Waals surface area (Å²) in [5, 5.41) is 0.181. The van der Waals surface area contributed by atoms with Crippen LogP contribution in [0.5, 0.6) is 0 Å². The van der Waals surface area contributed by atoms with Gasteiger partial charge in [-0.1, -0.05) is 39.0 Å². The standard InChI is InChI=1S/C21H31N7O5S/c1-5-7-8-27(15-17(23)28(10-12(3)4)21(32)26-18(15)30)14(29)11-34-20-24-9-13(16(22)25-20)19(31)33-6-2/h9,12H,5-8,10-11,23H2,1-4H3,(H2,22,24,25)(H,26,30,32). The number of nitrogens with zero attached hydrogens (tertiary/aromatic N) is 4. The fourth-order valence-corrected chi connectivity index (χ4v) is 3.78. The summed E-state index contributed by atoms with van der Waals surface area (Å²) in [6, 6.07) is 0. The molecule has 186 valence electrons. The lowest BCUT2D eigenvalue weighted by atomic mass is 10.2. The van der Waals surface area contributed by atoms with Gasteiger partial charge in [-0.05, 0) is 19.3 Å². The Morgan fingerprint density at radius 1 is 1.26 bits per heavy atom. The third-order valence-corrected chi connectivity index (χ3v) is 5.53. The van der Waals surface area contributed by atoms with E-state index in [1.165, 1.54) is 15.7 Å². The van der Waals surface area contributed by atoms with Crippen molar-refractivity contribution < 1.29 is 14.3 Å². The van der Waals surface area contributed by atoms with Crippen LogP contribution < -0.4 is 27.6 Å². The highest BCUT2D eigenvalue weighted by Crippen LogP contribution is 2.22. The zero-order chi connectivity index (χ0) is 25.4. The summed E-state index contributed by atoms with van der Waals surface area (Å²) in [6.07, 6.45) is 2.64. The number of esters is 1. The molecular weight excluding hydrogens is 462 g/mol. The number of carbonyl (C=O) groups is 2. The first-order valence-corrected chi connectivity index (χ1v) is 11.9. The maximum Gasteiger partial charge on any atom is 0.343 e. The van der Waals surface area contributed by atoms with Gasteiger partial charge in [0.2, 0.25) is 5.91 Å². The Hall–Kier alpha value is -3.35. The van der Waals surface area contributed by atoms with E-state index in [4.69, 9.17) is 16.2 Å². The van der Waals surface area contributed by atoms with Crippen LogP contribution in [0.25, 0.3) is 0 Å². The van der Waals surface area contributed by atoms with Gasteiger partial charge >= 0.3 is 11.7 Å². The van der Waals surface area contributed by atoms with E-state index in [2.05, 4.69) is 15.0 Å². The van der Waals surface area contributed by atoms with Crippen LogP contribution in [0, 0.1) is 5.92 Å². The van der Waals surface area contributed by atoms with Gasteiger partial charge in [-0.25, -0.2) is 19.6 Å². The summed E-state index contributed by atoms with van der Waals surface area (Å²) in [5.74, 6) is -1.20. The highest BCUT2D eigenvalue weighted by atomic mass is 32.2. The molecule has 0 saturated carbocycles. The van der Waals surface area contributed by atoms with E-state index in [9.17, 15) is 19.2 Å². The Morgan fingerprint density at radius 3 is 2.56 bits per heavy atom. The van der Waals surface area contributed by atoms with Crippen LogP contribution in [-0.2, 0) is 16.1 Å². The highest BCUT2D eigenvalue weighted by Gasteiger charge is 2.25. The predicted octanol–water partition coefficient (Wildman–Crippen LogP) is 1.25. The summed E-state index contributed by atoms with van der Waals surface area (Å²) in [6.45, 7) is 8.16. The normalized spacial score (nSPS) is 11.0. The number of hydrogen-bond acceptors (Lipinski definition) is 10. The molecule has 0 unspecified atom stereocenters. The van der Waals surface area contributed by atoms with E-state index in [1.807, 2.05) is 20.8 Å². The molecule has 0 aliphatic rings. The molecule has 2 aromatic heterocycles. The van der Waals surface area contributed by atoms with Crippen molar-refractivity contribution in [2.75, 3.05) is 35.3 Å². The predicted molar refractivity (Wildman–Crippen MR) is 131 cm³/mol. The molecule has 12 nitrogen and oxygen atoms in total. The van der Waals surface area contributed by atoms with Crippen molar-refractivity contribution in [3.05, 3.63) is 32.6 Å². The minimum atomic E-state index is -0.726. The number of rotatable bonds is 11. The van der Waals surface area contributed by atoms with Crippen LogP contribution in [0.1, 0.15) is 50.9 Å². The smallest absolute Gasteiger partial charge is 0.343 e. The number of nitrogens with two attached hydrogens (primary N) is 2. The van der Waals surface area contributed by atoms with Gasteiger partial charge in [-0.3, -0.25) is 19.1 Å². The largest absolute Gasteiger partial charge is 0.462 e. The Bertz CT molecular complexity index is 1150. The topological polar surface area (TPSA) is 179 Å². The monoisotopic (exact) mass is 493 g/mol. The van der Waals surface area contributed by atoms with Gasteiger partial charge in [0, 0.05) is 19.3 Å². The molecule has 1 amide bonds. The number of aromatic amines is 1. The zero-order valence-electron chi connectivity index (χ0n) is 19.8.